The molecule has 2 rings (SSSR count). The van der Waals surface area contributed by atoms with E-state index in [9.17, 15) is 0 Å². The molecule has 0 bridgehead atoms. The van der Waals surface area contributed by atoms with Crippen LogP contribution < -0.4 is 4.74 Å². The van der Waals surface area contributed by atoms with Crippen LogP contribution in [0, 0.1) is 0 Å². The molecule has 0 N–H and O–H groups in total. The van der Waals surface area contributed by atoms with Gasteiger partial charge in [0.25, 0.3) is 0 Å². The van der Waals surface area contributed by atoms with Crippen molar-refractivity contribution in [1.82, 2.24) is 9.97 Å². The smallest absolute Gasteiger partial charge is 0.219 e. The first-order valence-corrected chi connectivity index (χ1v) is 5.01. The van der Waals surface area contributed by atoms with E-state index >= 15 is 0 Å². The molecule has 4 heteroatoms. The molecule has 0 aliphatic heterocycles. The van der Waals surface area contributed by atoms with Gasteiger partial charge in [0.15, 0.2) is 0 Å². The third kappa shape index (κ3) is 2.67. The Morgan fingerprint density at radius 3 is 2.73 bits per heavy atom. The average Bonchev–Trinajstić information content (AvgIpc) is 2.31. The van der Waals surface area contributed by atoms with E-state index in [0.717, 1.165) is 5.56 Å². The first-order chi connectivity index (χ1) is 7.38. The summed E-state index contributed by atoms with van der Waals surface area (Å²) in [5.74, 6) is 1.67. The quantitative estimate of drug-likeness (QED) is 0.746. The first-order valence-electron chi connectivity index (χ1n) is 4.47. The Morgan fingerprint density at radius 1 is 1.20 bits per heavy atom. The molecule has 2 heterocycles. The Labute approximate surface area is 92.7 Å². The maximum atomic E-state index is 5.65. The molecule has 2 aromatic heterocycles. The Balaban J connectivity index is 2.11. The number of hydrogen-bond donors (Lipinski definition) is 0. The van der Waals surface area contributed by atoms with Crippen LogP contribution in [-0.2, 0) is 5.88 Å². The number of rotatable bonds is 3. The van der Waals surface area contributed by atoms with Crippen LogP contribution >= 0.6 is 11.6 Å². The fourth-order valence-electron chi connectivity index (χ4n) is 1.08. The molecule has 0 saturated heterocycles. The van der Waals surface area contributed by atoms with Crippen LogP contribution in [0.1, 0.15) is 5.56 Å². The highest BCUT2D eigenvalue weighted by molar-refractivity contribution is 6.17. The van der Waals surface area contributed by atoms with Crippen molar-refractivity contribution >= 4 is 11.6 Å². The molecule has 3 nitrogen and oxygen atoms in total. The molecule has 0 atom stereocenters. The lowest BCUT2D eigenvalue weighted by Crippen LogP contribution is -1.89. The fraction of sp³-hybridized carbons (Fsp3) is 0.0909. The van der Waals surface area contributed by atoms with E-state index in [0.29, 0.717) is 17.5 Å². The van der Waals surface area contributed by atoms with Crippen LogP contribution in [0.15, 0.2) is 42.9 Å². The number of hydrogen-bond acceptors (Lipinski definition) is 3. The molecule has 0 spiro atoms. The van der Waals surface area contributed by atoms with Gasteiger partial charge in [-0.05, 0) is 17.7 Å². The molecule has 0 aromatic carbocycles. The monoisotopic (exact) mass is 220 g/mol. The van der Waals surface area contributed by atoms with Crippen molar-refractivity contribution in [3.05, 3.63) is 48.4 Å². The van der Waals surface area contributed by atoms with Crippen LogP contribution in [-0.4, -0.2) is 9.97 Å². The third-order valence-electron chi connectivity index (χ3n) is 1.81. The van der Waals surface area contributed by atoms with Gasteiger partial charge in [0.2, 0.25) is 5.88 Å². The zero-order valence-electron chi connectivity index (χ0n) is 7.93. The van der Waals surface area contributed by atoms with Gasteiger partial charge in [-0.15, -0.1) is 11.6 Å². The van der Waals surface area contributed by atoms with Crippen molar-refractivity contribution in [3.8, 4) is 11.6 Å². The molecule has 0 aliphatic rings. The van der Waals surface area contributed by atoms with Gasteiger partial charge in [0, 0.05) is 24.3 Å². The standard InChI is InChI=1S/C11H9ClN2O/c12-6-9-3-4-11(14-7-9)15-10-2-1-5-13-8-10/h1-5,7-8H,6H2. The van der Waals surface area contributed by atoms with E-state index < -0.39 is 0 Å². The van der Waals surface area contributed by atoms with Gasteiger partial charge in [-0.3, -0.25) is 4.98 Å². The van der Waals surface area contributed by atoms with Crippen molar-refractivity contribution in [3.63, 3.8) is 0 Å². The van der Waals surface area contributed by atoms with Gasteiger partial charge in [0.05, 0.1) is 6.20 Å². The van der Waals surface area contributed by atoms with Crippen LogP contribution in [0.25, 0.3) is 0 Å². The Hall–Kier alpha value is -1.61. The number of pyridine rings is 2. The van der Waals surface area contributed by atoms with E-state index in [-0.39, 0.29) is 0 Å². The van der Waals surface area contributed by atoms with Crippen LogP contribution in [0.3, 0.4) is 0 Å². The summed E-state index contributed by atoms with van der Waals surface area (Å²) >= 11 is 5.65. The molecule has 0 aliphatic carbocycles. The largest absolute Gasteiger partial charge is 0.437 e. The number of halogens is 1. The van der Waals surface area contributed by atoms with Crippen LogP contribution in [0.2, 0.25) is 0 Å². The van der Waals surface area contributed by atoms with E-state index in [1.54, 1.807) is 24.7 Å². The minimum Gasteiger partial charge on any atom is -0.437 e. The maximum Gasteiger partial charge on any atom is 0.219 e. The molecule has 0 saturated carbocycles. The van der Waals surface area contributed by atoms with E-state index in [4.69, 9.17) is 16.3 Å². The molecular formula is C11H9ClN2O. The second kappa shape index (κ2) is 4.75. The molecule has 2 aromatic rings. The van der Waals surface area contributed by atoms with Crippen LogP contribution in [0.4, 0.5) is 0 Å². The Kier molecular flexibility index (Phi) is 3.15. The summed E-state index contributed by atoms with van der Waals surface area (Å²) in [5, 5.41) is 0. The number of aromatic nitrogens is 2. The number of nitrogens with zero attached hydrogens (tertiary/aromatic N) is 2. The minimum atomic E-state index is 0.459. The SMILES string of the molecule is ClCc1ccc(Oc2cccnc2)nc1. The highest BCUT2D eigenvalue weighted by Gasteiger charge is 1.98. The second-order valence-electron chi connectivity index (χ2n) is 2.93. The lowest BCUT2D eigenvalue weighted by atomic mass is 10.3. The van der Waals surface area contributed by atoms with Crippen molar-refractivity contribution in [2.24, 2.45) is 0 Å². The summed E-state index contributed by atoms with van der Waals surface area (Å²) in [4.78, 5) is 8.05. The van der Waals surface area contributed by atoms with Gasteiger partial charge < -0.3 is 4.74 Å². The first kappa shape index (κ1) is 9.93. The van der Waals surface area contributed by atoms with Crippen molar-refractivity contribution in [2.75, 3.05) is 0 Å². The summed E-state index contributed by atoms with van der Waals surface area (Å²) in [7, 11) is 0. The highest BCUT2D eigenvalue weighted by atomic mass is 35.5. The number of alkyl halides is 1. The highest BCUT2D eigenvalue weighted by Crippen LogP contribution is 2.17. The summed E-state index contributed by atoms with van der Waals surface area (Å²) in [5.41, 5.74) is 0.968. The van der Waals surface area contributed by atoms with Gasteiger partial charge in [0.1, 0.15) is 5.75 Å². The maximum absolute atomic E-state index is 5.65. The summed E-state index contributed by atoms with van der Waals surface area (Å²) < 4.78 is 5.46. The molecule has 0 fully saturated rings. The predicted molar refractivity (Wildman–Crippen MR) is 58.1 cm³/mol. The van der Waals surface area contributed by atoms with E-state index in [1.807, 2.05) is 18.2 Å². The zero-order chi connectivity index (χ0) is 10.5. The van der Waals surface area contributed by atoms with Crippen LogP contribution in [0.5, 0.6) is 11.6 Å². The fourth-order valence-corrected chi connectivity index (χ4v) is 1.24. The topological polar surface area (TPSA) is 35.0 Å². The molecular weight excluding hydrogens is 212 g/mol. The molecule has 0 radical (unpaired) electrons. The minimum absolute atomic E-state index is 0.459. The third-order valence-corrected chi connectivity index (χ3v) is 2.12. The van der Waals surface area contributed by atoms with Crippen molar-refractivity contribution in [2.45, 2.75) is 5.88 Å². The Morgan fingerprint density at radius 2 is 2.13 bits per heavy atom. The average molecular weight is 221 g/mol. The van der Waals surface area contributed by atoms with Gasteiger partial charge in [-0.25, -0.2) is 4.98 Å². The lowest BCUT2D eigenvalue weighted by Gasteiger charge is -2.03. The summed E-state index contributed by atoms with van der Waals surface area (Å²) in [6.45, 7) is 0. The summed E-state index contributed by atoms with van der Waals surface area (Å²) in [6.07, 6.45) is 5.02. The van der Waals surface area contributed by atoms with Gasteiger partial charge in [-0.1, -0.05) is 6.07 Å². The lowest BCUT2D eigenvalue weighted by molar-refractivity contribution is 0.460. The normalized spacial score (nSPS) is 9.93. The molecule has 0 amide bonds. The van der Waals surface area contributed by atoms with Gasteiger partial charge >= 0.3 is 0 Å². The Bertz CT molecular complexity index is 416. The van der Waals surface area contributed by atoms with E-state index in [2.05, 4.69) is 9.97 Å². The number of ether oxygens (including phenoxy) is 1. The van der Waals surface area contributed by atoms with E-state index in [1.165, 1.54) is 0 Å². The van der Waals surface area contributed by atoms with Gasteiger partial charge in [-0.2, -0.15) is 0 Å². The molecule has 76 valence electrons. The van der Waals surface area contributed by atoms with Crippen molar-refractivity contribution in [1.29, 1.82) is 0 Å². The second-order valence-corrected chi connectivity index (χ2v) is 3.20. The summed E-state index contributed by atoms with van der Waals surface area (Å²) in [6, 6.07) is 7.29. The molecule has 15 heavy (non-hydrogen) atoms. The predicted octanol–water partition coefficient (Wildman–Crippen LogP) is 3.01. The molecule has 0 unspecified atom stereocenters. The van der Waals surface area contributed by atoms with Crippen molar-refractivity contribution < 1.29 is 4.74 Å². The zero-order valence-corrected chi connectivity index (χ0v) is 8.69.